The second kappa shape index (κ2) is 6.79. The maximum Gasteiger partial charge on any atom is 0.279 e. The van der Waals surface area contributed by atoms with Gasteiger partial charge in [0.25, 0.3) is 5.56 Å². The zero-order chi connectivity index (χ0) is 14.5. The summed E-state index contributed by atoms with van der Waals surface area (Å²) in [5, 5.41) is 13.0. The van der Waals surface area contributed by atoms with Gasteiger partial charge in [0, 0.05) is 26.2 Å². The summed E-state index contributed by atoms with van der Waals surface area (Å²) in [4.78, 5) is 17.8. The molecule has 0 spiro atoms. The van der Waals surface area contributed by atoms with E-state index in [1.54, 1.807) is 0 Å². The van der Waals surface area contributed by atoms with E-state index < -0.39 is 0 Å². The highest BCUT2D eigenvalue weighted by Crippen LogP contribution is 2.18. The van der Waals surface area contributed by atoms with Crippen LogP contribution in [0.1, 0.15) is 0 Å². The van der Waals surface area contributed by atoms with Crippen molar-refractivity contribution in [1.29, 1.82) is 0 Å². The number of hydrogen-bond donors (Lipinski definition) is 2. The molecule has 0 bridgehead atoms. The van der Waals surface area contributed by atoms with Crippen LogP contribution in [0.15, 0.2) is 22.3 Å². The van der Waals surface area contributed by atoms with Gasteiger partial charge in [-0.25, -0.2) is 0 Å². The molecule has 0 saturated carbocycles. The lowest BCUT2D eigenvalue weighted by molar-refractivity contribution is 0.0398. The van der Waals surface area contributed by atoms with E-state index in [1.807, 2.05) is 17.5 Å². The third-order valence-corrected chi connectivity index (χ3v) is 4.15. The molecule has 0 atom stereocenters. The molecule has 7 nitrogen and oxygen atoms in total. The Labute approximate surface area is 126 Å². The van der Waals surface area contributed by atoms with Gasteiger partial charge >= 0.3 is 0 Å². The highest BCUT2D eigenvalue weighted by molar-refractivity contribution is 7.13. The minimum Gasteiger partial charge on any atom is -0.379 e. The molecule has 0 aromatic carbocycles. The van der Waals surface area contributed by atoms with Crippen LogP contribution < -0.4 is 10.9 Å². The van der Waals surface area contributed by atoms with Gasteiger partial charge < -0.3 is 10.1 Å². The Morgan fingerprint density at radius 2 is 2.24 bits per heavy atom. The van der Waals surface area contributed by atoms with Crippen molar-refractivity contribution in [3.8, 4) is 10.6 Å². The summed E-state index contributed by atoms with van der Waals surface area (Å²) >= 11 is 1.47. The minimum atomic E-state index is -0.221. The third kappa shape index (κ3) is 3.66. The van der Waals surface area contributed by atoms with E-state index in [0.717, 1.165) is 37.7 Å². The summed E-state index contributed by atoms with van der Waals surface area (Å²) in [6, 6.07) is 3.74. The molecule has 0 radical (unpaired) electrons. The summed E-state index contributed by atoms with van der Waals surface area (Å²) in [6.07, 6.45) is 0. The van der Waals surface area contributed by atoms with Gasteiger partial charge in [-0.2, -0.15) is 0 Å². The van der Waals surface area contributed by atoms with Crippen molar-refractivity contribution in [3.63, 3.8) is 0 Å². The maximum absolute atomic E-state index is 12.0. The Balaban J connectivity index is 1.57. The lowest BCUT2D eigenvalue weighted by atomic mass is 10.4. The van der Waals surface area contributed by atoms with Crippen molar-refractivity contribution < 1.29 is 4.74 Å². The maximum atomic E-state index is 12.0. The number of anilines is 1. The van der Waals surface area contributed by atoms with Crippen LogP contribution in [0.2, 0.25) is 0 Å². The topological polar surface area (TPSA) is 83.1 Å². The van der Waals surface area contributed by atoms with Crippen LogP contribution in [0.4, 0.5) is 5.95 Å². The molecule has 1 saturated heterocycles. The molecule has 3 heterocycles. The van der Waals surface area contributed by atoms with Crippen LogP contribution >= 0.6 is 11.3 Å². The highest BCUT2D eigenvalue weighted by atomic mass is 32.1. The van der Waals surface area contributed by atoms with Crippen LogP contribution in [-0.2, 0) is 4.74 Å². The lowest BCUT2D eigenvalue weighted by Crippen LogP contribution is -2.39. The number of morpholine rings is 1. The van der Waals surface area contributed by atoms with Gasteiger partial charge in [0.2, 0.25) is 5.95 Å². The Morgan fingerprint density at radius 1 is 1.38 bits per heavy atom. The van der Waals surface area contributed by atoms with E-state index in [0.29, 0.717) is 18.2 Å². The summed E-state index contributed by atoms with van der Waals surface area (Å²) < 4.78 is 5.30. The Bertz CT molecular complexity index is 622. The fourth-order valence-corrected chi connectivity index (χ4v) is 2.85. The number of hydrogen-bond acceptors (Lipinski definition) is 7. The number of thiophene rings is 1. The summed E-state index contributed by atoms with van der Waals surface area (Å²) in [7, 11) is 0. The molecule has 8 heteroatoms. The molecule has 2 aromatic heterocycles. The predicted octanol–water partition coefficient (Wildman–Crippen LogP) is 0.638. The number of rotatable bonds is 5. The highest BCUT2D eigenvalue weighted by Gasteiger charge is 2.10. The number of nitrogens with one attached hydrogen (secondary N) is 2. The standard InChI is InChI=1S/C13H17N5O2S/c19-12-11(10-2-1-9-21-10)16-17-13(15-12)14-3-4-18-5-7-20-8-6-18/h1-2,9H,3-8H2,(H2,14,15,17,19). The van der Waals surface area contributed by atoms with Crippen LogP contribution in [-0.4, -0.2) is 59.5 Å². The first-order valence-electron chi connectivity index (χ1n) is 6.88. The monoisotopic (exact) mass is 307 g/mol. The Kier molecular flexibility index (Phi) is 4.59. The minimum absolute atomic E-state index is 0.221. The second-order valence-electron chi connectivity index (χ2n) is 4.71. The molecule has 0 amide bonds. The molecule has 112 valence electrons. The van der Waals surface area contributed by atoms with Gasteiger partial charge in [0.1, 0.15) is 0 Å². The normalized spacial score (nSPS) is 16.0. The molecule has 21 heavy (non-hydrogen) atoms. The van der Waals surface area contributed by atoms with Crippen molar-refractivity contribution in [3.05, 3.63) is 27.9 Å². The van der Waals surface area contributed by atoms with Crippen molar-refractivity contribution in [2.75, 3.05) is 44.7 Å². The fraction of sp³-hybridized carbons (Fsp3) is 0.462. The van der Waals surface area contributed by atoms with Gasteiger partial charge in [0.15, 0.2) is 5.69 Å². The molecular weight excluding hydrogens is 290 g/mol. The lowest BCUT2D eigenvalue weighted by Gasteiger charge is -2.26. The number of aromatic nitrogens is 3. The van der Waals surface area contributed by atoms with Crippen LogP contribution in [0, 0.1) is 0 Å². The van der Waals surface area contributed by atoms with Crippen molar-refractivity contribution >= 4 is 17.3 Å². The first-order valence-corrected chi connectivity index (χ1v) is 7.76. The quantitative estimate of drug-likeness (QED) is 0.843. The van der Waals surface area contributed by atoms with Gasteiger partial charge in [-0.05, 0) is 11.4 Å². The number of aromatic amines is 1. The molecular formula is C13H17N5O2S. The molecule has 0 unspecified atom stereocenters. The van der Waals surface area contributed by atoms with Crippen molar-refractivity contribution in [1.82, 2.24) is 20.1 Å². The van der Waals surface area contributed by atoms with Crippen LogP contribution in [0.25, 0.3) is 10.6 Å². The second-order valence-corrected chi connectivity index (χ2v) is 5.66. The molecule has 1 aliphatic heterocycles. The van der Waals surface area contributed by atoms with E-state index in [2.05, 4.69) is 25.4 Å². The first-order chi connectivity index (χ1) is 10.3. The van der Waals surface area contributed by atoms with E-state index in [9.17, 15) is 4.79 Å². The number of H-pyrrole nitrogens is 1. The van der Waals surface area contributed by atoms with Gasteiger partial charge in [-0.3, -0.25) is 14.7 Å². The van der Waals surface area contributed by atoms with Crippen molar-refractivity contribution in [2.24, 2.45) is 0 Å². The SMILES string of the molecule is O=c1[nH]c(NCCN2CCOCC2)nnc1-c1cccs1. The zero-order valence-electron chi connectivity index (χ0n) is 11.5. The predicted molar refractivity (Wildman–Crippen MR) is 81.7 cm³/mol. The number of nitrogens with zero attached hydrogens (tertiary/aromatic N) is 3. The van der Waals surface area contributed by atoms with Gasteiger partial charge in [0.05, 0.1) is 18.1 Å². The summed E-state index contributed by atoms with van der Waals surface area (Å²) in [5.41, 5.74) is 0.144. The van der Waals surface area contributed by atoms with E-state index >= 15 is 0 Å². The van der Waals surface area contributed by atoms with Gasteiger partial charge in [-0.15, -0.1) is 21.5 Å². The average molecular weight is 307 g/mol. The molecule has 2 N–H and O–H groups in total. The van der Waals surface area contributed by atoms with E-state index in [1.165, 1.54) is 11.3 Å². The summed E-state index contributed by atoms with van der Waals surface area (Å²) in [6.45, 7) is 5.06. The Morgan fingerprint density at radius 3 is 2.95 bits per heavy atom. The molecule has 1 fully saturated rings. The zero-order valence-corrected chi connectivity index (χ0v) is 12.4. The molecule has 0 aliphatic carbocycles. The van der Waals surface area contributed by atoms with Crippen LogP contribution in [0.3, 0.4) is 0 Å². The first kappa shape index (κ1) is 14.2. The number of ether oxygens (including phenoxy) is 1. The molecule has 1 aliphatic rings. The van der Waals surface area contributed by atoms with E-state index in [-0.39, 0.29) is 5.56 Å². The van der Waals surface area contributed by atoms with E-state index in [4.69, 9.17) is 4.74 Å². The summed E-state index contributed by atoms with van der Waals surface area (Å²) in [5.74, 6) is 0.411. The van der Waals surface area contributed by atoms with Gasteiger partial charge in [-0.1, -0.05) is 6.07 Å². The Hall–Kier alpha value is -1.77. The van der Waals surface area contributed by atoms with Crippen LogP contribution in [0.5, 0.6) is 0 Å². The smallest absolute Gasteiger partial charge is 0.279 e. The third-order valence-electron chi connectivity index (χ3n) is 3.28. The molecule has 2 aromatic rings. The largest absolute Gasteiger partial charge is 0.379 e. The average Bonchev–Trinajstić information content (AvgIpc) is 3.02. The molecule has 3 rings (SSSR count). The fourth-order valence-electron chi connectivity index (χ4n) is 2.15. The van der Waals surface area contributed by atoms with Crippen molar-refractivity contribution in [2.45, 2.75) is 0 Å².